The lowest BCUT2D eigenvalue weighted by Crippen LogP contribution is -3.12. The Kier molecular flexibility index (Phi) is 5.74. The maximum Gasteiger partial charge on any atom is 0.214 e. The van der Waals surface area contributed by atoms with E-state index in [1.165, 1.54) is 41.7 Å². The topological polar surface area (TPSA) is 71.8 Å². The first-order valence-corrected chi connectivity index (χ1v) is 10.00. The van der Waals surface area contributed by atoms with Gasteiger partial charge in [-0.2, -0.15) is 5.26 Å². The molecule has 142 valence electrons. The molecule has 1 atom stereocenters. The fourth-order valence-corrected chi connectivity index (χ4v) is 4.08. The Morgan fingerprint density at radius 2 is 1.68 bits per heavy atom. The van der Waals surface area contributed by atoms with E-state index in [2.05, 4.69) is 45.9 Å². The van der Waals surface area contributed by atoms with E-state index in [0.29, 0.717) is 12.1 Å². The van der Waals surface area contributed by atoms with Crippen molar-refractivity contribution in [3.05, 3.63) is 77.1 Å². The van der Waals surface area contributed by atoms with Crippen LogP contribution < -0.4 is 4.90 Å². The van der Waals surface area contributed by atoms with E-state index in [1.54, 1.807) is 0 Å². The van der Waals surface area contributed by atoms with Crippen molar-refractivity contribution in [3.8, 4) is 6.07 Å². The monoisotopic (exact) mass is 373 g/mol. The third-order valence-electron chi connectivity index (χ3n) is 5.52. The molecule has 2 aromatic carbocycles. The minimum absolute atomic E-state index is 0.0737. The molecular weight excluding hydrogens is 348 g/mol. The summed E-state index contributed by atoms with van der Waals surface area (Å²) in [5, 5.41) is 21.9. The highest BCUT2D eigenvalue weighted by Crippen LogP contribution is 2.19. The summed E-state index contributed by atoms with van der Waals surface area (Å²) in [6.07, 6.45) is 5.03. The van der Waals surface area contributed by atoms with Crippen LogP contribution >= 0.6 is 0 Å². The second-order valence-corrected chi connectivity index (χ2v) is 7.42. The summed E-state index contributed by atoms with van der Waals surface area (Å²) in [5.74, 6) is 0.894. The summed E-state index contributed by atoms with van der Waals surface area (Å²) < 4.78 is 1.93. The van der Waals surface area contributed by atoms with Crippen molar-refractivity contribution in [2.75, 3.05) is 13.1 Å². The zero-order valence-electron chi connectivity index (χ0n) is 16.0. The highest BCUT2D eigenvalue weighted by Gasteiger charge is 2.32. The molecule has 3 aromatic rings. The number of hydrogen-bond acceptors (Lipinski definition) is 4. The SMILES string of the molecule is N#Cc1ccc([C@H](c2nnnn2Cc2ccccc2)[NH+]2CCCCCC2)cc1. The van der Waals surface area contributed by atoms with E-state index in [4.69, 9.17) is 5.26 Å². The van der Waals surface area contributed by atoms with Gasteiger partial charge < -0.3 is 4.90 Å². The van der Waals surface area contributed by atoms with Crippen molar-refractivity contribution >= 4 is 0 Å². The van der Waals surface area contributed by atoms with Gasteiger partial charge in [0.2, 0.25) is 5.82 Å². The van der Waals surface area contributed by atoms with Gasteiger partial charge in [-0.05, 0) is 53.8 Å². The van der Waals surface area contributed by atoms with Gasteiger partial charge in [0, 0.05) is 5.56 Å². The van der Waals surface area contributed by atoms with E-state index in [0.717, 1.165) is 18.9 Å². The van der Waals surface area contributed by atoms with E-state index in [9.17, 15) is 0 Å². The summed E-state index contributed by atoms with van der Waals surface area (Å²) in [7, 11) is 0. The van der Waals surface area contributed by atoms with E-state index < -0.39 is 0 Å². The third kappa shape index (κ3) is 4.10. The molecule has 0 saturated carbocycles. The molecule has 0 aliphatic carbocycles. The Morgan fingerprint density at radius 1 is 0.964 bits per heavy atom. The molecule has 2 heterocycles. The molecule has 1 saturated heterocycles. The Morgan fingerprint density at radius 3 is 2.36 bits per heavy atom. The smallest absolute Gasteiger partial charge is 0.214 e. The lowest BCUT2D eigenvalue weighted by atomic mass is 10.0. The molecule has 0 spiro atoms. The molecule has 1 N–H and O–H groups in total. The van der Waals surface area contributed by atoms with Gasteiger partial charge in [-0.15, -0.1) is 5.10 Å². The van der Waals surface area contributed by atoms with Gasteiger partial charge in [0.05, 0.1) is 31.3 Å². The van der Waals surface area contributed by atoms with E-state index >= 15 is 0 Å². The predicted octanol–water partition coefficient (Wildman–Crippen LogP) is 2.14. The highest BCUT2D eigenvalue weighted by molar-refractivity contribution is 5.34. The van der Waals surface area contributed by atoms with Crippen LogP contribution in [0.15, 0.2) is 54.6 Å². The number of likely N-dealkylation sites (tertiary alicyclic amines) is 1. The van der Waals surface area contributed by atoms with Gasteiger partial charge in [-0.25, -0.2) is 4.68 Å². The first kappa shape index (κ1) is 18.3. The van der Waals surface area contributed by atoms with Crippen molar-refractivity contribution in [2.24, 2.45) is 0 Å². The van der Waals surface area contributed by atoms with Crippen LogP contribution in [0.1, 0.15) is 54.2 Å². The van der Waals surface area contributed by atoms with Crippen LogP contribution in [0.2, 0.25) is 0 Å². The first-order valence-electron chi connectivity index (χ1n) is 10.00. The number of nitrogens with one attached hydrogen (secondary N) is 1. The molecule has 4 rings (SSSR count). The van der Waals surface area contributed by atoms with E-state index in [-0.39, 0.29) is 6.04 Å². The number of hydrogen-bond donors (Lipinski definition) is 1. The predicted molar refractivity (Wildman–Crippen MR) is 106 cm³/mol. The summed E-state index contributed by atoms with van der Waals surface area (Å²) in [5.41, 5.74) is 3.03. The van der Waals surface area contributed by atoms with Crippen molar-refractivity contribution in [1.29, 1.82) is 5.26 Å². The number of nitriles is 1. The molecule has 6 heteroatoms. The van der Waals surface area contributed by atoms with Crippen LogP contribution in [-0.2, 0) is 6.54 Å². The van der Waals surface area contributed by atoms with Crippen molar-refractivity contribution in [3.63, 3.8) is 0 Å². The van der Waals surface area contributed by atoms with Gasteiger partial charge in [-0.1, -0.05) is 42.5 Å². The largest absolute Gasteiger partial charge is 0.322 e. The normalized spacial score (nSPS) is 16.2. The van der Waals surface area contributed by atoms with Gasteiger partial charge >= 0.3 is 0 Å². The average molecular weight is 373 g/mol. The second-order valence-electron chi connectivity index (χ2n) is 7.42. The molecule has 0 unspecified atom stereocenters. The Labute approximate surface area is 165 Å². The molecule has 1 aliphatic rings. The van der Waals surface area contributed by atoms with Crippen LogP contribution in [0, 0.1) is 11.3 Å². The number of aromatic nitrogens is 4. The molecule has 1 aliphatic heterocycles. The lowest BCUT2D eigenvalue weighted by Gasteiger charge is -2.27. The average Bonchev–Trinajstić information content (AvgIpc) is 3.01. The summed E-state index contributed by atoms with van der Waals surface area (Å²) >= 11 is 0. The molecule has 28 heavy (non-hydrogen) atoms. The molecular formula is C22H25N6+. The van der Waals surface area contributed by atoms with Gasteiger partial charge in [0.25, 0.3) is 0 Å². The molecule has 6 nitrogen and oxygen atoms in total. The lowest BCUT2D eigenvalue weighted by molar-refractivity contribution is -0.925. The van der Waals surface area contributed by atoms with Crippen molar-refractivity contribution < 1.29 is 4.90 Å². The summed E-state index contributed by atoms with van der Waals surface area (Å²) in [4.78, 5) is 1.51. The molecule has 0 radical (unpaired) electrons. The standard InChI is InChI=1S/C22H24N6/c23-16-18-10-12-20(13-11-18)21(27-14-6-1-2-7-15-27)22-24-25-26-28(22)17-19-8-4-3-5-9-19/h3-5,8-13,21H,1-2,6-7,14-15,17H2/p+1/t21-/m1/s1. The number of tetrazole rings is 1. The Bertz CT molecular complexity index is 918. The number of quaternary nitrogens is 1. The Balaban J connectivity index is 1.71. The van der Waals surface area contributed by atoms with Crippen LogP contribution in [0.5, 0.6) is 0 Å². The van der Waals surface area contributed by atoms with Crippen molar-refractivity contribution in [1.82, 2.24) is 20.2 Å². The van der Waals surface area contributed by atoms with Crippen molar-refractivity contribution in [2.45, 2.75) is 38.3 Å². The van der Waals surface area contributed by atoms with Crippen LogP contribution in [0.4, 0.5) is 0 Å². The molecule has 1 fully saturated rings. The maximum atomic E-state index is 9.15. The second kappa shape index (κ2) is 8.77. The van der Waals surface area contributed by atoms with Gasteiger partial charge in [0.15, 0.2) is 6.04 Å². The fraction of sp³-hybridized carbons (Fsp3) is 0.364. The first-order chi connectivity index (χ1) is 13.8. The zero-order chi connectivity index (χ0) is 19.2. The quantitative estimate of drug-likeness (QED) is 0.744. The van der Waals surface area contributed by atoms with Gasteiger partial charge in [-0.3, -0.25) is 0 Å². The number of benzene rings is 2. The number of nitrogens with zero attached hydrogens (tertiary/aromatic N) is 5. The molecule has 0 amide bonds. The zero-order valence-corrected chi connectivity index (χ0v) is 16.0. The van der Waals surface area contributed by atoms with E-state index in [1.807, 2.05) is 35.0 Å². The van der Waals surface area contributed by atoms with Crippen LogP contribution in [-0.4, -0.2) is 33.3 Å². The summed E-state index contributed by atoms with van der Waals surface area (Å²) in [6, 6.07) is 20.5. The maximum absolute atomic E-state index is 9.15. The number of rotatable bonds is 5. The fourth-order valence-electron chi connectivity index (χ4n) is 4.08. The minimum atomic E-state index is 0.0737. The molecule has 0 bridgehead atoms. The highest BCUT2D eigenvalue weighted by atomic mass is 15.5. The minimum Gasteiger partial charge on any atom is -0.322 e. The van der Waals surface area contributed by atoms with Gasteiger partial charge in [0.1, 0.15) is 0 Å². The summed E-state index contributed by atoms with van der Waals surface area (Å²) in [6.45, 7) is 2.88. The van der Waals surface area contributed by atoms with Crippen LogP contribution in [0.3, 0.4) is 0 Å². The molecule has 1 aromatic heterocycles. The Hall–Kier alpha value is -3.04. The van der Waals surface area contributed by atoms with Crippen LogP contribution in [0.25, 0.3) is 0 Å². The third-order valence-corrected chi connectivity index (χ3v) is 5.52.